The van der Waals surface area contributed by atoms with Gasteiger partial charge in [0.1, 0.15) is 22.5 Å². The number of nitrogens with zero attached hydrogens (tertiary/aromatic N) is 2. The van der Waals surface area contributed by atoms with Crippen molar-refractivity contribution in [3.63, 3.8) is 0 Å². The number of phenols is 2. The zero-order valence-electron chi connectivity index (χ0n) is 12.3. The van der Waals surface area contributed by atoms with Crippen LogP contribution >= 0.6 is 23.2 Å². The van der Waals surface area contributed by atoms with Crippen molar-refractivity contribution in [2.24, 2.45) is 0 Å². The van der Waals surface area contributed by atoms with Gasteiger partial charge in [-0.3, -0.25) is 9.97 Å². The first-order chi connectivity index (χ1) is 11.6. The molecule has 24 heavy (non-hydrogen) atoms. The molecule has 2 N–H and O–H groups in total. The summed E-state index contributed by atoms with van der Waals surface area (Å²) in [5.74, 6) is 0.324. The normalized spacial score (nSPS) is 10.4. The zero-order valence-corrected chi connectivity index (χ0v) is 13.8. The molecule has 0 saturated carbocycles. The molecule has 2 heterocycles. The van der Waals surface area contributed by atoms with Crippen LogP contribution in [0.3, 0.4) is 0 Å². The Balaban J connectivity index is 0.000000141. The van der Waals surface area contributed by atoms with Gasteiger partial charge in [0, 0.05) is 23.2 Å². The highest BCUT2D eigenvalue weighted by atomic mass is 35.5. The molecule has 120 valence electrons. The Morgan fingerprint density at radius 3 is 1.92 bits per heavy atom. The van der Waals surface area contributed by atoms with Gasteiger partial charge in [-0.15, -0.1) is 0 Å². The molecule has 2 aromatic carbocycles. The fourth-order valence-electron chi connectivity index (χ4n) is 2.25. The summed E-state index contributed by atoms with van der Waals surface area (Å²) in [5.41, 5.74) is 1.09. The molecule has 0 spiro atoms. The van der Waals surface area contributed by atoms with E-state index in [0.717, 1.165) is 10.8 Å². The molecule has 0 atom stereocenters. The number of halogens is 2. The fourth-order valence-corrected chi connectivity index (χ4v) is 2.67. The van der Waals surface area contributed by atoms with Gasteiger partial charge in [0.15, 0.2) is 0 Å². The van der Waals surface area contributed by atoms with Gasteiger partial charge in [-0.05, 0) is 36.4 Å². The summed E-state index contributed by atoms with van der Waals surface area (Å²) in [5, 5.41) is 21.5. The standard InChI is InChI=1S/2C9H6ClNO/c10-7-3-4-8(12)9-6(7)2-1-5-11-9;10-7-4-5-11-9-6(7)2-1-3-8(9)12/h2*1-5,12H. The van der Waals surface area contributed by atoms with Crippen LogP contribution in [0, 0.1) is 0 Å². The third-order valence-electron chi connectivity index (χ3n) is 3.39. The van der Waals surface area contributed by atoms with E-state index in [2.05, 4.69) is 9.97 Å². The second kappa shape index (κ2) is 6.91. The van der Waals surface area contributed by atoms with E-state index in [4.69, 9.17) is 23.2 Å². The van der Waals surface area contributed by atoms with Crippen molar-refractivity contribution < 1.29 is 10.2 Å². The van der Waals surface area contributed by atoms with Crippen LogP contribution in [0.15, 0.2) is 60.9 Å². The molecule has 0 aliphatic carbocycles. The lowest BCUT2D eigenvalue weighted by Crippen LogP contribution is -1.78. The smallest absolute Gasteiger partial charge is 0.141 e. The van der Waals surface area contributed by atoms with Crippen LogP contribution in [0.4, 0.5) is 0 Å². The van der Waals surface area contributed by atoms with Crippen LogP contribution < -0.4 is 0 Å². The first-order valence-electron chi connectivity index (χ1n) is 7.02. The SMILES string of the molecule is Oc1ccc(Cl)c2cccnc12.Oc1cccc2c(Cl)ccnc12. The predicted octanol–water partition coefficient (Wildman–Crippen LogP) is 5.19. The van der Waals surface area contributed by atoms with Crippen LogP contribution in [-0.2, 0) is 0 Å². The molecule has 2 aromatic heterocycles. The zero-order chi connectivity index (χ0) is 17.1. The van der Waals surface area contributed by atoms with Crippen molar-refractivity contribution in [1.82, 2.24) is 9.97 Å². The summed E-state index contributed by atoms with van der Waals surface area (Å²) < 4.78 is 0. The summed E-state index contributed by atoms with van der Waals surface area (Å²) >= 11 is 11.8. The monoisotopic (exact) mass is 358 g/mol. The second-order valence-electron chi connectivity index (χ2n) is 4.93. The Kier molecular flexibility index (Phi) is 4.69. The first kappa shape index (κ1) is 16.3. The van der Waals surface area contributed by atoms with Crippen molar-refractivity contribution in [3.8, 4) is 11.5 Å². The number of para-hydroxylation sites is 1. The van der Waals surface area contributed by atoms with Gasteiger partial charge in [-0.1, -0.05) is 35.3 Å². The molecular formula is C18H12Cl2N2O2. The van der Waals surface area contributed by atoms with E-state index in [9.17, 15) is 10.2 Å². The number of hydrogen-bond donors (Lipinski definition) is 2. The Bertz CT molecular complexity index is 904. The lowest BCUT2D eigenvalue weighted by Gasteiger charge is -2.00. The van der Waals surface area contributed by atoms with Gasteiger partial charge in [-0.2, -0.15) is 0 Å². The van der Waals surface area contributed by atoms with Crippen LogP contribution in [0.1, 0.15) is 0 Å². The molecule has 0 fully saturated rings. The van der Waals surface area contributed by atoms with Gasteiger partial charge in [0.05, 0.1) is 10.0 Å². The minimum absolute atomic E-state index is 0.162. The predicted molar refractivity (Wildman–Crippen MR) is 96.8 cm³/mol. The Labute approximate surface area is 147 Å². The van der Waals surface area contributed by atoms with Crippen molar-refractivity contribution in [2.75, 3.05) is 0 Å². The fraction of sp³-hybridized carbons (Fsp3) is 0. The van der Waals surface area contributed by atoms with E-state index in [1.165, 1.54) is 6.07 Å². The molecule has 0 saturated heterocycles. The van der Waals surface area contributed by atoms with Crippen molar-refractivity contribution in [2.45, 2.75) is 0 Å². The van der Waals surface area contributed by atoms with Crippen molar-refractivity contribution in [1.29, 1.82) is 0 Å². The Morgan fingerprint density at radius 2 is 1.21 bits per heavy atom. The van der Waals surface area contributed by atoms with Crippen LogP contribution in [0.5, 0.6) is 11.5 Å². The topological polar surface area (TPSA) is 66.2 Å². The van der Waals surface area contributed by atoms with Gasteiger partial charge in [-0.25, -0.2) is 0 Å². The summed E-state index contributed by atoms with van der Waals surface area (Å²) in [7, 11) is 0. The van der Waals surface area contributed by atoms with E-state index >= 15 is 0 Å². The number of aromatic hydroxyl groups is 2. The molecule has 4 nitrogen and oxygen atoms in total. The maximum Gasteiger partial charge on any atom is 0.141 e. The molecule has 6 heteroatoms. The average Bonchev–Trinajstić information content (AvgIpc) is 2.60. The minimum Gasteiger partial charge on any atom is -0.506 e. The molecule has 0 unspecified atom stereocenters. The molecule has 0 aliphatic heterocycles. The number of benzene rings is 2. The number of pyridine rings is 2. The van der Waals surface area contributed by atoms with Crippen molar-refractivity contribution in [3.05, 3.63) is 71.0 Å². The number of rotatable bonds is 0. The average molecular weight is 359 g/mol. The number of aromatic nitrogens is 2. The molecule has 0 aliphatic rings. The maximum absolute atomic E-state index is 9.37. The van der Waals surface area contributed by atoms with Gasteiger partial charge >= 0.3 is 0 Å². The van der Waals surface area contributed by atoms with E-state index in [-0.39, 0.29) is 11.5 Å². The summed E-state index contributed by atoms with van der Waals surface area (Å²) in [6.45, 7) is 0. The summed E-state index contributed by atoms with van der Waals surface area (Å²) in [4.78, 5) is 8.01. The van der Waals surface area contributed by atoms with Crippen LogP contribution in [0.2, 0.25) is 10.0 Å². The lowest BCUT2D eigenvalue weighted by molar-refractivity contribution is 0.480. The van der Waals surface area contributed by atoms with Crippen LogP contribution in [-0.4, -0.2) is 20.2 Å². The molecule has 4 rings (SSSR count). The number of hydrogen-bond acceptors (Lipinski definition) is 4. The van der Waals surface area contributed by atoms with Crippen LogP contribution in [0.25, 0.3) is 21.8 Å². The van der Waals surface area contributed by atoms with E-state index in [0.29, 0.717) is 21.1 Å². The molecule has 0 radical (unpaired) electrons. The van der Waals surface area contributed by atoms with Gasteiger partial charge < -0.3 is 10.2 Å². The summed E-state index contributed by atoms with van der Waals surface area (Å²) in [6, 6.07) is 13.7. The molecule has 4 aromatic rings. The largest absolute Gasteiger partial charge is 0.506 e. The highest BCUT2D eigenvalue weighted by molar-refractivity contribution is 6.35. The highest BCUT2D eigenvalue weighted by Gasteiger charge is 2.03. The minimum atomic E-state index is 0.162. The van der Waals surface area contributed by atoms with E-state index in [1.807, 2.05) is 12.1 Å². The third-order valence-corrected chi connectivity index (χ3v) is 4.05. The third kappa shape index (κ3) is 3.20. The molecular weight excluding hydrogens is 347 g/mol. The lowest BCUT2D eigenvalue weighted by atomic mass is 10.2. The van der Waals surface area contributed by atoms with Gasteiger partial charge in [0.25, 0.3) is 0 Å². The Hall–Kier alpha value is -2.56. The van der Waals surface area contributed by atoms with E-state index < -0.39 is 0 Å². The van der Waals surface area contributed by atoms with E-state index in [1.54, 1.807) is 42.7 Å². The first-order valence-corrected chi connectivity index (χ1v) is 7.78. The van der Waals surface area contributed by atoms with Crippen molar-refractivity contribution >= 4 is 45.0 Å². The molecule has 0 bridgehead atoms. The number of fused-ring (bicyclic) bond motifs is 2. The Morgan fingerprint density at radius 1 is 0.625 bits per heavy atom. The highest BCUT2D eigenvalue weighted by Crippen LogP contribution is 2.28. The maximum atomic E-state index is 9.37. The quantitative estimate of drug-likeness (QED) is 0.454. The molecule has 0 amide bonds. The number of phenolic OH excluding ortho intramolecular Hbond substituents is 2. The second-order valence-corrected chi connectivity index (χ2v) is 5.75. The van der Waals surface area contributed by atoms with Gasteiger partial charge in [0.2, 0.25) is 0 Å². The summed E-state index contributed by atoms with van der Waals surface area (Å²) in [6.07, 6.45) is 3.20.